The predicted octanol–water partition coefficient (Wildman–Crippen LogP) is 3.06. The highest BCUT2D eigenvalue weighted by molar-refractivity contribution is 5.92. The molecule has 0 radical (unpaired) electrons. The molecular weight excluding hydrogens is 316 g/mol. The van der Waals surface area contributed by atoms with Gasteiger partial charge in [0.2, 0.25) is 5.91 Å². The second kappa shape index (κ2) is 6.97. The molecule has 1 fully saturated rings. The molecule has 128 valence electrons. The normalized spacial score (nSPS) is 16.0. The van der Waals surface area contributed by atoms with E-state index in [1.54, 1.807) is 12.3 Å². The maximum Gasteiger partial charge on any atom is 0.247 e. The number of nitrogens with zero attached hydrogens (tertiary/aromatic N) is 2. The van der Waals surface area contributed by atoms with Crippen LogP contribution < -0.4 is 9.47 Å². The number of hydrogen-bond acceptors (Lipinski definition) is 4. The van der Waals surface area contributed by atoms with Gasteiger partial charge in [0.25, 0.3) is 0 Å². The molecule has 25 heavy (non-hydrogen) atoms. The molecule has 4 rings (SSSR count). The Labute approximate surface area is 146 Å². The minimum Gasteiger partial charge on any atom is -0.486 e. The molecule has 2 aromatic rings. The van der Waals surface area contributed by atoms with Gasteiger partial charge in [-0.1, -0.05) is 12.1 Å². The third kappa shape index (κ3) is 3.82. The van der Waals surface area contributed by atoms with Crippen molar-refractivity contribution in [1.29, 1.82) is 0 Å². The Balaban J connectivity index is 1.46. The number of benzene rings is 1. The van der Waals surface area contributed by atoms with Gasteiger partial charge in [0, 0.05) is 18.3 Å². The molecule has 5 nitrogen and oxygen atoms in total. The first-order chi connectivity index (χ1) is 12.3. The summed E-state index contributed by atoms with van der Waals surface area (Å²) in [6, 6.07) is 11.8. The van der Waals surface area contributed by atoms with E-state index in [1.807, 2.05) is 47.4 Å². The summed E-state index contributed by atoms with van der Waals surface area (Å²) in [5, 5.41) is 0. The second-order valence-corrected chi connectivity index (χ2v) is 6.25. The van der Waals surface area contributed by atoms with Crippen molar-refractivity contribution in [3.63, 3.8) is 0 Å². The van der Waals surface area contributed by atoms with Crippen LogP contribution in [0.4, 0.5) is 0 Å². The van der Waals surface area contributed by atoms with Crippen LogP contribution in [0.25, 0.3) is 6.08 Å². The van der Waals surface area contributed by atoms with Gasteiger partial charge >= 0.3 is 0 Å². The number of hydrogen-bond donors (Lipinski definition) is 0. The minimum atomic E-state index is 0.0167. The number of ether oxygens (including phenoxy) is 2. The van der Waals surface area contributed by atoms with E-state index in [0.717, 1.165) is 35.6 Å². The number of rotatable bonds is 5. The average molecular weight is 336 g/mol. The molecule has 1 saturated carbocycles. The van der Waals surface area contributed by atoms with Gasteiger partial charge in [-0.15, -0.1) is 0 Å². The molecule has 0 spiro atoms. The zero-order chi connectivity index (χ0) is 17.1. The summed E-state index contributed by atoms with van der Waals surface area (Å²) in [5.41, 5.74) is 1.83. The first-order valence-corrected chi connectivity index (χ1v) is 8.58. The monoisotopic (exact) mass is 336 g/mol. The van der Waals surface area contributed by atoms with E-state index in [1.165, 1.54) is 0 Å². The number of carbonyl (C=O) groups excluding carboxylic acids is 1. The fraction of sp³-hybridized carbons (Fsp3) is 0.300. The van der Waals surface area contributed by atoms with E-state index in [0.29, 0.717) is 25.8 Å². The molecule has 2 aliphatic rings. The Bertz CT molecular complexity index is 785. The van der Waals surface area contributed by atoms with Gasteiger partial charge in [0.15, 0.2) is 11.5 Å². The van der Waals surface area contributed by atoms with E-state index < -0.39 is 0 Å². The topological polar surface area (TPSA) is 51.7 Å². The lowest BCUT2D eigenvalue weighted by Crippen LogP contribution is -2.31. The van der Waals surface area contributed by atoms with Gasteiger partial charge in [-0.25, -0.2) is 0 Å². The first kappa shape index (κ1) is 15.7. The van der Waals surface area contributed by atoms with Crippen molar-refractivity contribution < 1.29 is 14.3 Å². The molecule has 0 bridgehead atoms. The van der Waals surface area contributed by atoms with E-state index in [-0.39, 0.29) is 5.91 Å². The van der Waals surface area contributed by atoms with Gasteiger partial charge in [0.05, 0.1) is 12.2 Å². The van der Waals surface area contributed by atoms with Crippen LogP contribution in [0.1, 0.15) is 24.1 Å². The van der Waals surface area contributed by atoms with Crippen LogP contribution >= 0.6 is 0 Å². The second-order valence-electron chi connectivity index (χ2n) is 6.25. The summed E-state index contributed by atoms with van der Waals surface area (Å²) in [4.78, 5) is 18.9. The summed E-state index contributed by atoms with van der Waals surface area (Å²) < 4.78 is 11.1. The first-order valence-electron chi connectivity index (χ1n) is 8.58. The van der Waals surface area contributed by atoms with Crippen LogP contribution in [-0.2, 0) is 11.3 Å². The van der Waals surface area contributed by atoms with Gasteiger partial charge in [-0.2, -0.15) is 0 Å². The highest BCUT2D eigenvalue weighted by Crippen LogP contribution is 2.31. The number of aromatic nitrogens is 1. The smallest absolute Gasteiger partial charge is 0.247 e. The Morgan fingerprint density at radius 3 is 2.76 bits per heavy atom. The Kier molecular flexibility index (Phi) is 4.37. The summed E-state index contributed by atoms with van der Waals surface area (Å²) in [5.74, 6) is 1.50. The van der Waals surface area contributed by atoms with Crippen molar-refractivity contribution >= 4 is 12.0 Å². The zero-order valence-electron chi connectivity index (χ0n) is 13.9. The fourth-order valence-electron chi connectivity index (χ4n) is 2.87. The Hall–Kier alpha value is -2.82. The van der Waals surface area contributed by atoms with Crippen LogP contribution in [0.15, 0.2) is 48.7 Å². The number of pyridine rings is 1. The maximum absolute atomic E-state index is 12.6. The minimum absolute atomic E-state index is 0.0167. The lowest BCUT2D eigenvalue weighted by Gasteiger charge is -2.20. The van der Waals surface area contributed by atoms with Crippen molar-refractivity contribution in [2.24, 2.45) is 0 Å². The molecule has 1 aromatic heterocycles. The fourth-order valence-corrected chi connectivity index (χ4v) is 2.87. The molecule has 0 N–H and O–H groups in total. The average Bonchev–Trinajstić information content (AvgIpc) is 3.50. The standard InChI is InChI=1S/C20H20N2O3/c23-20(22(17-6-7-17)14-16-3-1-2-10-21-16)9-5-15-4-8-18-19(13-15)25-12-11-24-18/h1-5,8-10,13,17H,6-7,11-12,14H2/b9-5-. The van der Waals surface area contributed by atoms with Crippen molar-refractivity contribution in [2.45, 2.75) is 25.4 Å². The van der Waals surface area contributed by atoms with Crippen LogP contribution in [0.3, 0.4) is 0 Å². The summed E-state index contributed by atoms with van der Waals surface area (Å²) in [6.07, 6.45) is 7.35. The molecule has 0 saturated heterocycles. The van der Waals surface area contributed by atoms with E-state index in [2.05, 4.69) is 4.98 Å². The number of amides is 1. The van der Waals surface area contributed by atoms with Gasteiger partial charge in [-0.3, -0.25) is 9.78 Å². The molecule has 1 aliphatic heterocycles. The highest BCUT2D eigenvalue weighted by Gasteiger charge is 2.31. The van der Waals surface area contributed by atoms with Crippen molar-refractivity contribution in [2.75, 3.05) is 13.2 Å². The SMILES string of the molecule is O=C(/C=C\c1ccc2c(c1)OCCO2)N(Cc1ccccn1)C1CC1. The number of fused-ring (bicyclic) bond motifs is 1. The molecule has 1 aromatic carbocycles. The molecule has 2 heterocycles. The molecule has 0 atom stereocenters. The van der Waals surface area contributed by atoms with Crippen molar-refractivity contribution in [3.05, 3.63) is 59.9 Å². The van der Waals surface area contributed by atoms with Crippen LogP contribution in [0, 0.1) is 0 Å². The summed E-state index contributed by atoms with van der Waals surface area (Å²) in [6.45, 7) is 1.68. The van der Waals surface area contributed by atoms with Crippen LogP contribution in [0.2, 0.25) is 0 Å². The van der Waals surface area contributed by atoms with E-state index in [4.69, 9.17) is 9.47 Å². The molecule has 0 unspecified atom stereocenters. The zero-order valence-corrected chi connectivity index (χ0v) is 13.9. The third-order valence-corrected chi connectivity index (χ3v) is 4.31. The Morgan fingerprint density at radius 2 is 2.00 bits per heavy atom. The lowest BCUT2D eigenvalue weighted by molar-refractivity contribution is -0.127. The molecule has 1 amide bonds. The van der Waals surface area contributed by atoms with Crippen LogP contribution in [0.5, 0.6) is 11.5 Å². The lowest BCUT2D eigenvalue weighted by atomic mass is 10.1. The molecule has 1 aliphatic carbocycles. The van der Waals surface area contributed by atoms with E-state index >= 15 is 0 Å². The Morgan fingerprint density at radius 1 is 1.16 bits per heavy atom. The molecular formula is C20H20N2O3. The van der Waals surface area contributed by atoms with Gasteiger partial charge in [-0.05, 0) is 48.7 Å². The van der Waals surface area contributed by atoms with Crippen LogP contribution in [-0.4, -0.2) is 35.0 Å². The summed E-state index contributed by atoms with van der Waals surface area (Å²) in [7, 11) is 0. The third-order valence-electron chi connectivity index (χ3n) is 4.31. The largest absolute Gasteiger partial charge is 0.486 e. The number of carbonyl (C=O) groups is 1. The predicted molar refractivity (Wildman–Crippen MR) is 94.3 cm³/mol. The van der Waals surface area contributed by atoms with Crippen molar-refractivity contribution in [1.82, 2.24) is 9.88 Å². The summed E-state index contributed by atoms with van der Waals surface area (Å²) >= 11 is 0. The van der Waals surface area contributed by atoms with Crippen molar-refractivity contribution in [3.8, 4) is 11.5 Å². The quantitative estimate of drug-likeness (QED) is 0.788. The molecule has 5 heteroatoms. The van der Waals surface area contributed by atoms with Gasteiger partial charge in [0.1, 0.15) is 13.2 Å². The van der Waals surface area contributed by atoms with E-state index in [9.17, 15) is 4.79 Å². The highest BCUT2D eigenvalue weighted by atomic mass is 16.6. The maximum atomic E-state index is 12.6. The van der Waals surface area contributed by atoms with Gasteiger partial charge < -0.3 is 14.4 Å².